The molecule has 3 atom stereocenters. The summed E-state index contributed by atoms with van der Waals surface area (Å²) in [6.45, 7) is 2.24. The highest BCUT2D eigenvalue weighted by Crippen LogP contribution is 2.30. The van der Waals surface area contributed by atoms with E-state index in [0.717, 1.165) is 4.88 Å². The number of thiophene rings is 1. The van der Waals surface area contributed by atoms with E-state index in [1.165, 1.54) is 32.1 Å². The Kier molecular flexibility index (Phi) is 5.40. The van der Waals surface area contributed by atoms with E-state index in [4.69, 9.17) is 5.11 Å². The van der Waals surface area contributed by atoms with Crippen molar-refractivity contribution >= 4 is 17.3 Å². The third-order valence-electron chi connectivity index (χ3n) is 4.11. The van der Waals surface area contributed by atoms with Gasteiger partial charge in [-0.15, -0.1) is 11.3 Å². The van der Waals surface area contributed by atoms with Crippen molar-refractivity contribution in [3.05, 3.63) is 22.4 Å². The summed E-state index contributed by atoms with van der Waals surface area (Å²) in [5.41, 5.74) is 0. The van der Waals surface area contributed by atoms with E-state index in [2.05, 4.69) is 12.2 Å². The lowest BCUT2D eigenvalue weighted by Gasteiger charge is -2.34. The molecule has 2 N–H and O–H groups in total. The first kappa shape index (κ1) is 14.5. The predicted octanol–water partition coefficient (Wildman–Crippen LogP) is 3.82. The Labute approximate surface area is 119 Å². The molecular formula is C15H23NO2S. The first-order valence-electron chi connectivity index (χ1n) is 7.22. The van der Waals surface area contributed by atoms with Gasteiger partial charge in [-0.1, -0.05) is 32.3 Å². The second kappa shape index (κ2) is 7.06. The fourth-order valence-corrected chi connectivity index (χ4v) is 3.87. The Hall–Kier alpha value is -0.870. The molecule has 0 spiro atoms. The molecule has 1 aliphatic rings. The number of rotatable bonds is 6. The average Bonchev–Trinajstić information content (AvgIpc) is 2.92. The maximum atomic E-state index is 11.1. The van der Waals surface area contributed by atoms with Gasteiger partial charge in [-0.05, 0) is 30.2 Å². The molecule has 1 saturated carbocycles. The quantitative estimate of drug-likeness (QED) is 0.833. The first-order chi connectivity index (χ1) is 9.20. The molecule has 0 saturated heterocycles. The van der Waals surface area contributed by atoms with Gasteiger partial charge >= 0.3 is 5.97 Å². The molecule has 0 bridgehead atoms. The minimum absolute atomic E-state index is 0.0327. The van der Waals surface area contributed by atoms with E-state index in [-0.39, 0.29) is 12.5 Å². The number of nitrogens with one attached hydrogen (secondary N) is 1. The molecule has 1 fully saturated rings. The normalized spacial score (nSPS) is 25.1. The fraction of sp³-hybridized carbons (Fsp3) is 0.667. The molecule has 0 radical (unpaired) electrons. The van der Waals surface area contributed by atoms with Gasteiger partial charge in [-0.2, -0.15) is 0 Å². The molecule has 1 aliphatic carbocycles. The van der Waals surface area contributed by atoms with Gasteiger partial charge < -0.3 is 10.4 Å². The highest BCUT2D eigenvalue weighted by molar-refractivity contribution is 7.10. The Balaban J connectivity index is 2.04. The van der Waals surface area contributed by atoms with Crippen molar-refractivity contribution in [2.24, 2.45) is 5.92 Å². The van der Waals surface area contributed by atoms with Crippen LogP contribution in [0.25, 0.3) is 0 Å². The van der Waals surface area contributed by atoms with Crippen LogP contribution in [0.1, 0.15) is 56.4 Å². The Morgan fingerprint density at radius 1 is 1.53 bits per heavy atom. The summed E-state index contributed by atoms with van der Waals surface area (Å²) in [7, 11) is 0. The molecule has 1 heterocycles. The van der Waals surface area contributed by atoms with Crippen LogP contribution in [0.4, 0.5) is 0 Å². The molecule has 3 nitrogen and oxygen atoms in total. The molecule has 2 rings (SSSR count). The number of hydrogen-bond acceptors (Lipinski definition) is 3. The summed E-state index contributed by atoms with van der Waals surface area (Å²) >= 11 is 1.64. The summed E-state index contributed by atoms with van der Waals surface area (Å²) in [6.07, 6.45) is 6.39. The second-order valence-corrected chi connectivity index (χ2v) is 6.37. The van der Waals surface area contributed by atoms with Crippen LogP contribution < -0.4 is 5.32 Å². The molecule has 0 aliphatic heterocycles. The van der Waals surface area contributed by atoms with Gasteiger partial charge in [0.1, 0.15) is 0 Å². The Bertz CT molecular complexity index is 391. The van der Waals surface area contributed by atoms with E-state index in [1.807, 2.05) is 17.5 Å². The monoisotopic (exact) mass is 281 g/mol. The van der Waals surface area contributed by atoms with Gasteiger partial charge in [0, 0.05) is 10.9 Å². The van der Waals surface area contributed by atoms with Crippen LogP contribution in [0.2, 0.25) is 0 Å². The summed E-state index contributed by atoms with van der Waals surface area (Å²) in [4.78, 5) is 12.2. The third-order valence-corrected chi connectivity index (χ3v) is 5.10. The van der Waals surface area contributed by atoms with Gasteiger partial charge in [-0.25, -0.2) is 0 Å². The van der Waals surface area contributed by atoms with Crippen molar-refractivity contribution in [3.63, 3.8) is 0 Å². The zero-order chi connectivity index (χ0) is 13.7. The molecular weight excluding hydrogens is 258 g/mol. The lowest BCUT2D eigenvalue weighted by atomic mass is 9.82. The van der Waals surface area contributed by atoms with Gasteiger partial charge in [-0.3, -0.25) is 4.79 Å². The van der Waals surface area contributed by atoms with E-state index in [0.29, 0.717) is 12.0 Å². The van der Waals surface area contributed by atoms with Gasteiger partial charge in [0.05, 0.1) is 12.5 Å². The lowest BCUT2D eigenvalue weighted by Crippen LogP contribution is -2.40. The third kappa shape index (κ3) is 4.05. The molecule has 4 heteroatoms. The Morgan fingerprint density at radius 2 is 2.32 bits per heavy atom. The largest absolute Gasteiger partial charge is 0.481 e. The van der Waals surface area contributed by atoms with Crippen LogP contribution in [-0.2, 0) is 4.79 Å². The van der Waals surface area contributed by atoms with Crippen LogP contribution >= 0.6 is 11.3 Å². The average molecular weight is 281 g/mol. The molecule has 0 aromatic carbocycles. The predicted molar refractivity (Wildman–Crippen MR) is 78.5 cm³/mol. The van der Waals surface area contributed by atoms with Crippen molar-refractivity contribution in [1.82, 2.24) is 5.32 Å². The fourth-order valence-electron chi connectivity index (χ4n) is 3.08. The zero-order valence-electron chi connectivity index (χ0n) is 11.5. The van der Waals surface area contributed by atoms with Crippen molar-refractivity contribution in [3.8, 4) is 0 Å². The summed E-state index contributed by atoms with van der Waals surface area (Å²) in [5.74, 6) is -0.0280. The molecule has 1 aromatic heterocycles. The first-order valence-corrected chi connectivity index (χ1v) is 8.10. The van der Waals surface area contributed by atoms with Crippen molar-refractivity contribution in [2.45, 2.75) is 57.5 Å². The maximum absolute atomic E-state index is 11.1. The van der Waals surface area contributed by atoms with Crippen LogP contribution in [0.5, 0.6) is 0 Å². The smallest absolute Gasteiger partial charge is 0.305 e. The van der Waals surface area contributed by atoms with Gasteiger partial charge in [0.25, 0.3) is 0 Å². The van der Waals surface area contributed by atoms with E-state index >= 15 is 0 Å². The lowest BCUT2D eigenvalue weighted by molar-refractivity contribution is -0.137. The van der Waals surface area contributed by atoms with E-state index in [1.54, 1.807) is 11.3 Å². The van der Waals surface area contributed by atoms with Crippen LogP contribution in [0, 0.1) is 5.92 Å². The zero-order valence-corrected chi connectivity index (χ0v) is 12.3. The minimum Gasteiger partial charge on any atom is -0.481 e. The number of hydrogen-bond donors (Lipinski definition) is 2. The van der Waals surface area contributed by atoms with Gasteiger partial charge in [0.15, 0.2) is 0 Å². The van der Waals surface area contributed by atoms with Crippen LogP contribution in [-0.4, -0.2) is 17.1 Å². The van der Waals surface area contributed by atoms with E-state index in [9.17, 15) is 4.79 Å². The Morgan fingerprint density at radius 3 is 2.95 bits per heavy atom. The molecule has 19 heavy (non-hydrogen) atoms. The summed E-state index contributed by atoms with van der Waals surface area (Å²) < 4.78 is 0. The number of aliphatic carboxylic acids is 1. The van der Waals surface area contributed by atoms with Crippen molar-refractivity contribution in [1.29, 1.82) is 0 Å². The second-order valence-electron chi connectivity index (χ2n) is 5.39. The topological polar surface area (TPSA) is 49.3 Å². The van der Waals surface area contributed by atoms with Crippen LogP contribution in [0.15, 0.2) is 17.5 Å². The van der Waals surface area contributed by atoms with Crippen LogP contribution in [0.3, 0.4) is 0 Å². The van der Waals surface area contributed by atoms with E-state index < -0.39 is 5.97 Å². The maximum Gasteiger partial charge on any atom is 0.305 e. The highest BCUT2D eigenvalue weighted by atomic mass is 32.1. The SMILES string of the molecule is CCC1CCCCC1NC(CC(=O)O)c1cccs1. The van der Waals surface area contributed by atoms with Crippen molar-refractivity contribution < 1.29 is 9.90 Å². The number of carboxylic acid groups (broad SMARTS) is 1. The molecule has 3 unspecified atom stereocenters. The molecule has 0 amide bonds. The van der Waals surface area contributed by atoms with Crippen molar-refractivity contribution in [2.75, 3.05) is 0 Å². The highest BCUT2D eigenvalue weighted by Gasteiger charge is 2.27. The van der Waals surface area contributed by atoms with Gasteiger partial charge in [0.2, 0.25) is 0 Å². The number of carboxylic acids is 1. The standard InChI is InChI=1S/C15H23NO2S/c1-2-11-6-3-4-7-12(11)16-13(10-15(17)18)14-8-5-9-19-14/h5,8-9,11-13,16H,2-4,6-7,10H2,1H3,(H,17,18). The minimum atomic E-state index is -0.727. The number of carbonyl (C=O) groups is 1. The molecule has 106 valence electrons. The molecule has 1 aromatic rings. The summed E-state index contributed by atoms with van der Waals surface area (Å²) in [5, 5.41) is 14.7. The summed E-state index contributed by atoms with van der Waals surface area (Å²) in [6, 6.07) is 4.48.